The van der Waals surface area contributed by atoms with Crippen LogP contribution in [0.5, 0.6) is 5.75 Å². The molecule has 6 heteroatoms. The lowest BCUT2D eigenvalue weighted by Gasteiger charge is -2.11. The van der Waals surface area contributed by atoms with Gasteiger partial charge in [-0.2, -0.15) is 5.10 Å². The molecule has 0 bridgehead atoms. The van der Waals surface area contributed by atoms with Crippen LogP contribution in [0.4, 0.5) is 5.69 Å². The summed E-state index contributed by atoms with van der Waals surface area (Å²) in [6.07, 6.45) is 1.69. The Morgan fingerprint density at radius 1 is 1.11 bits per heavy atom. The van der Waals surface area contributed by atoms with Gasteiger partial charge in [0.05, 0.1) is 35.6 Å². The number of methoxy groups -OCH3 is 1. The first-order valence-electron chi connectivity index (χ1n) is 9.07. The highest BCUT2D eigenvalue weighted by molar-refractivity contribution is 6.13. The van der Waals surface area contributed by atoms with E-state index in [9.17, 15) is 4.79 Å². The lowest BCUT2D eigenvalue weighted by molar-refractivity contribution is 0.102. The number of anilines is 1. The highest BCUT2D eigenvalue weighted by atomic mass is 16.5. The van der Waals surface area contributed by atoms with Gasteiger partial charge in [-0.25, -0.2) is 9.67 Å². The number of nitrogens with zero attached hydrogens (tertiary/aromatic N) is 3. The molecule has 4 rings (SSSR count). The number of carbonyl (C=O) groups is 1. The smallest absolute Gasteiger partial charge is 0.256 e. The first kappa shape index (κ1) is 17.7. The van der Waals surface area contributed by atoms with Crippen LogP contribution in [0.15, 0.2) is 66.9 Å². The molecule has 0 aliphatic heterocycles. The van der Waals surface area contributed by atoms with Crippen LogP contribution in [-0.2, 0) is 6.54 Å². The first-order valence-corrected chi connectivity index (χ1v) is 9.07. The Kier molecular flexibility index (Phi) is 4.76. The standard InChI is InChI=1S/C22H20N4O2/c1-3-26-21-17(14-23-26)16(13-19(24-21)15-9-5-4-6-10-15)22(27)25-18-11-7-8-12-20(18)28-2/h4-14H,3H2,1-2H3,(H,25,27). The van der Waals surface area contributed by atoms with Gasteiger partial charge in [-0.1, -0.05) is 42.5 Å². The molecule has 0 aliphatic rings. The molecule has 0 atom stereocenters. The van der Waals surface area contributed by atoms with Gasteiger partial charge in [0, 0.05) is 12.1 Å². The molecule has 0 fully saturated rings. The van der Waals surface area contributed by atoms with Crippen molar-refractivity contribution >= 4 is 22.6 Å². The minimum atomic E-state index is -0.232. The summed E-state index contributed by atoms with van der Waals surface area (Å²) in [4.78, 5) is 17.9. The first-order chi connectivity index (χ1) is 13.7. The molecule has 0 aliphatic carbocycles. The van der Waals surface area contributed by atoms with Crippen LogP contribution in [0, 0.1) is 0 Å². The largest absolute Gasteiger partial charge is 0.495 e. The quantitative estimate of drug-likeness (QED) is 0.564. The van der Waals surface area contributed by atoms with Gasteiger partial charge in [0.1, 0.15) is 5.75 Å². The highest BCUT2D eigenvalue weighted by Gasteiger charge is 2.18. The van der Waals surface area contributed by atoms with Crippen LogP contribution >= 0.6 is 0 Å². The number of amides is 1. The van der Waals surface area contributed by atoms with Crippen molar-refractivity contribution in [3.63, 3.8) is 0 Å². The number of fused-ring (bicyclic) bond motifs is 1. The van der Waals surface area contributed by atoms with Gasteiger partial charge in [-0.3, -0.25) is 4.79 Å². The Morgan fingerprint density at radius 2 is 1.86 bits per heavy atom. The third kappa shape index (κ3) is 3.20. The summed E-state index contributed by atoms with van der Waals surface area (Å²) >= 11 is 0. The number of carbonyl (C=O) groups excluding carboxylic acids is 1. The van der Waals surface area contributed by atoms with Crippen molar-refractivity contribution in [3.8, 4) is 17.0 Å². The molecular formula is C22H20N4O2. The third-order valence-electron chi connectivity index (χ3n) is 4.58. The van der Waals surface area contributed by atoms with E-state index < -0.39 is 0 Å². The predicted octanol–water partition coefficient (Wildman–Crippen LogP) is 4.38. The molecule has 1 amide bonds. The number of benzene rings is 2. The Hall–Kier alpha value is -3.67. The van der Waals surface area contributed by atoms with Gasteiger partial charge in [0.25, 0.3) is 5.91 Å². The maximum Gasteiger partial charge on any atom is 0.256 e. The van der Waals surface area contributed by atoms with Gasteiger partial charge in [-0.15, -0.1) is 0 Å². The normalized spacial score (nSPS) is 10.8. The molecule has 140 valence electrons. The SMILES string of the molecule is CCn1ncc2c(C(=O)Nc3ccccc3OC)cc(-c3ccccc3)nc21. The summed E-state index contributed by atoms with van der Waals surface area (Å²) in [7, 11) is 1.58. The molecule has 1 N–H and O–H groups in total. The van der Waals surface area contributed by atoms with Crippen molar-refractivity contribution in [1.82, 2.24) is 14.8 Å². The molecule has 6 nitrogen and oxygen atoms in total. The Bertz CT molecular complexity index is 1140. The number of hydrogen-bond acceptors (Lipinski definition) is 4. The van der Waals surface area contributed by atoms with Crippen molar-refractivity contribution in [3.05, 3.63) is 72.4 Å². The summed E-state index contributed by atoms with van der Waals surface area (Å²) in [5.74, 6) is 0.374. The number of nitrogens with one attached hydrogen (secondary N) is 1. The van der Waals surface area contributed by atoms with Crippen LogP contribution in [0.2, 0.25) is 0 Å². The van der Waals surface area contributed by atoms with E-state index in [1.165, 1.54) is 0 Å². The van der Waals surface area contributed by atoms with Crippen molar-refractivity contribution in [1.29, 1.82) is 0 Å². The monoisotopic (exact) mass is 372 g/mol. The lowest BCUT2D eigenvalue weighted by Crippen LogP contribution is -2.14. The second-order valence-electron chi connectivity index (χ2n) is 6.27. The van der Waals surface area contributed by atoms with Gasteiger partial charge in [0.2, 0.25) is 0 Å². The number of aryl methyl sites for hydroxylation is 1. The number of pyridine rings is 1. The lowest BCUT2D eigenvalue weighted by atomic mass is 10.1. The molecule has 2 aromatic heterocycles. The number of rotatable bonds is 5. The zero-order chi connectivity index (χ0) is 19.5. The van der Waals surface area contributed by atoms with E-state index >= 15 is 0 Å². The zero-order valence-corrected chi connectivity index (χ0v) is 15.7. The number of hydrogen-bond donors (Lipinski definition) is 1. The minimum absolute atomic E-state index is 0.232. The Balaban J connectivity index is 1.83. The van der Waals surface area contributed by atoms with E-state index in [-0.39, 0.29) is 5.91 Å². The van der Waals surface area contributed by atoms with Crippen molar-refractivity contribution < 1.29 is 9.53 Å². The summed E-state index contributed by atoms with van der Waals surface area (Å²) < 4.78 is 7.13. The van der Waals surface area contributed by atoms with E-state index in [4.69, 9.17) is 9.72 Å². The van der Waals surface area contributed by atoms with Crippen molar-refractivity contribution in [2.75, 3.05) is 12.4 Å². The molecule has 0 radical (unpaired) electrons. The second kappa shape index (κ2) is 7.52. The summed E-state index contributed by atoms with van der Waals surface area (Å²) in [6, 6.07) is 18.9. The number of para-hydroxylation sites is 2. The van der Waals surface area contributed by atoms with Gasteiger partial charge in [-0.05, 0) is 25.1 Å². The van der Waals surface area contributed by atoms with Crippen molar-refractivity contribution in [2.24, 2.45) is 0 Å². The summed E-state index contributed by atoms with van der Waals surface area (Å²) in [5, 5.41) is 8.05. The van der Waals surface area contributed by atoms with Gasteiger partial charge < -0.3 is 10.1 Å². The molecule has 0 spiro atoms. The maximum atomic E-state index is 13.1. The van der Waals surface area contributed by atoms with Crippen LogP contribution < -0.4 is 10.1 Å². The van der Waals surface area contributed by atoms with E-state index in [1.54, 1.807) is 18.0 Å². The van der Waals surface area contributed by atoms with Crippen LogP contribution in [0.1, 0.15) is 17.3 Å². The molecular weight excluding hydrogens is 352 g/mol. The second-order valence-corrected chi connectivity index (χ2v) is 6.27. The zero-order valence-electron chi connectivity index (χ0n) is 15.7. The third-order valence-corrected chi connectivity index (χ3v) is 4.58. The molecule has 0 unspecified atom stereocenters. The van der Waals surface area contributed by atoms with Gasteiger partial charge >= 0.3 is 0 Å². The van der Waals surface area contributed by atoms with Crippen LogP contribution in [0.3, 0.4) is 0 Å². The summed E-state index contributed by atoms with van der Waals surface area (Å²) in [5.41, 5.74) is 3.50. The fraction of sp³-hybridized carbons (Fsp3) is 0.136. The van der Waals surface area contributed by atoms with Crippen LogP contribution in [0.25, 0.3) is 22.3 Å². The molecule has 2 aromatic carbocycles. The average Bonchev–Trinajstić information content (AvgIpc) is 3.17. The van der Waals surface area contributed by atoms with E-state index in [1.807, 2.05) is 67.6 Å². The average molecular weight is 372 g/mol. The molecule has 0 saturated heterocycles. The molecule has 28 heavy (non-hydrogen) atoms. The predicted molar refractivity (Wildman–Crippen MR) is 110 cm³/mol. The number of aromatic nitrogens is 3. The molecule has 2 heterocycles. The van der Waals surface area contributed by atoms with E-state index in [2.05, 4.69) is 10.4 Å². The fourth-order valence-electron chi connectivity index (χ4n) is 3.16. The summed E-state index contributed by atoms with van der Waals surface area (Å²) in [6.45, 7) is 2.67. The van der Waals surface area contributed by atoms with E-state index in [0.717, 1.165) is 11.3 Å². The fourth-order valence-corrected chi connectivity index (χ4v) is 3.16. The van der Waals surface area contributed by atoms with Crippen molar-refractivity contribution in [2.45, 2.75) is 13.5 Å². The Morgan fingerprint density at radius 3 is 2.61 bits per heavy atom. The highest BCUT2D eigenvalue weighted by Crippen LogP contribution is 2.28. The van der Waals surface area contributed by atoms with Crippen LogP contribution in [-0.4, -0.2) is 27.8 Å². The number of ether oxygens (including phenoxy) is 1. The van der Waals surface area contributed by atoms with Gasteiger partial charge in [0.15, 0.2) is 5.65 Å². The maximum absolute atomic E-state index is 13.1. The Labute approximate surface area is 162 Å². The van der Waals surface area contributed by atoms with E-state index in [0.29, 0.717) is 34.6 Å². The molecule has 0 saturated carbocycles. The topological polar surface area (TPSA) is 69.0 Å². The molecule has 4 aromatic rings. The minimum Gasteiger partial charge on any atom is -0.495 e.